The summed E-state index contributed by atoms with van der Waals surface area (Å²) < 4.78 is 0. The van der Waals surface area contributed by atoms with Crippen molar-refractivity contribution >= 4 is 56.4 Å². The Bertz CT molecular complexity index is 875. The lowest BCUT2D eigenvalue weighted by atomic mass is 9.87. The zero-order valence-electron chi connectivity index (χ0n) is 17.5. The lowest BCUT2D eigenvalue weighted by Crippen LogP contribution is -2.34. The Morgan fingerprint density at radius 3 is 2.00 bits per heavy atom. The molecule has 0 aliphatic rings. The van der Waals surface area contributed by atoms with Gasteiger partial charge in [0.1, 0.15) is 0 Å². The van der Waals surface area contributed by atoms with Crippen molar-refractivity contribution in [2.24, 2.45) is 0 Å². The minimum Gasteiger partial charge on any atom is -0.332 e. The van der Waals surface area contributed by atoms with Crippen LogP contribution >= 0.6 is 28.1 Å². The Morgan fingerprint density at radius 2 is 1.47 bits per heavy atom. The second kappa shape index (κ2) is 11.2. The normalized spacial score (nSPS) is 10.9. The van der Waals surface area contributed by atoms with Gasteiger partial charge < -0.3 is 10.6 Å². The molecule has 0 saturated carbocycles. The second-order valence-electron chi connectivity index (χ2n) is 8.01. The largest absolute Gasteiger partial charge is 0.332 e. The number of benzene rings is 2. The predicted molar refractivity (Wildman–Crippen MR) is 132 cm³/mol. The third kappa shape index (κ3) is 7.88. The van der Waals surface area contributed by atoms with Gasteiger partial charge in [-0.3, -0.25) is 14.9 Å². The Labute approximate surface area is 192 Å². The van der Waals surface area contributed by atoms with E-state index < -0.39 is 0 Å². The van der Waals surface area contributed by atoms with Crippen molar-refractivity contribution in [2.45, 2.75) is 45.4 Å². The van der Waals surface area contributed by atoms with Crippen LogP contribution in [0.4, 0.5) is 11.4 Å². The molecule has 0 aliphatic heterocycles. The van der Waals surface area contributed by atoms with E-state index in [4.69, 9.17) is 12.2 Å². The SMILES string of the molecule is CC(C)(C)c1ccc(C(=O)NC(=S)Nc2ccc(NC(=O)CCCCBr)cc2)cc1. The molecule has 0 radical (unpaired) electrons. The van der Waals surface area contributed by atoms with Gasteiger partial charge in [-0.25, -0.2) is 0 Å². The molecule has 2 rings (SSSR count). The fourth-order valence-corrected chi connectivity index (χ4v) is 3.31. The number of hydrogen-bond acceptors (Lipinski definition) is 3. The third-order valence-electron chi connectivity index (χ3n) is 4.45. The molecule has 2 amide bonds. The van der Waals surface area contributed by atoms with Crippen LogP contribution in [-0.4, -0.2) is 22.3 Å². The number of alkyl halides is 1. The quantitative estimate of drug-likeness (QED) is 0.268. The Morgan fingerprint density at radius 1 is 0.900 bits per heavy atom. The van der Waals surface area contributed by atoms with Gasteiger partial charge in [-0.05, 0) is 72.4 Å². The fourth-order valence-electron chi connectivity index (χ4n) is 2.70. The summed E-state index contributed by atoms with van der Waals surface area (Å²) in [5.74, 6) is -0.266. The van der Waals surface area contributed by atoms with E-state index in [9.17, 15) is 9.59 Å². The number of carbonyl (C=O) groups is 2. The van der Waals surface area contributed by atoms with Crippen LogP contribution in [0.2, 0.25) is 0 Å². The molecule has 0 spiro atoms. The number of amides is 2. The number of anilines is 2. The predicted octanol–water partition coefficient (Wildman–Crippen LogP) is 5.61. The fraction of sp³-hybridized carbons (Fsp3) is 0.348. The maximum atomic E-state index is 12.4. The molecular formula is C23H28BrN3O2S. The van der Waals surface area contributed by atoms with Crippen molar-refractivity contribution in [3.8, 4) is 0 Å². The van der Waals surface area contributed by atoms with Gasteiger partial charge in [0, 0.05) is 28.7 Å². The van der Waals surface area contributed by atoms with Crippen molar-refractivity contribution in [3.05, 3.63) is 59.7 Å². The highest BCUT2D eigenvalue weighted by atomic mass is 79.9. The summed E-state index contributed by atoms with van der Waals surface area (Å²) >= 11 is 8.60. The standard InChI is InChI=1S/C23H28BrN3O2S/c1-23(2,3)17-9-7-16(8-10-17)21(29)27-22(30)26-19-13-11-18(12-14-19)25-20(28)6-4-5-15-24/h7-14H,4-6,15H2,1-3H3,(H,25,28)(H2,26,27,29,30). The van der Waals surface area contributed by atoms with E-state index in [0.29, 0.717) is 12.0 Å². The number of nitrogens with one attached hydrogen (secondary N) is 3. The molecule has 160 valence electrons. The highest BCUT2D eigenvalue weighted by Gasteiger charge is 2.14. The molecular weight excluding hydrogens is 462 g/mol. The van der Waals surface area contributed by atoms with Crippen LogP contribution in [0.1, 0.15) is 56.0 Å². The summed E-state index contributed by atoms with van der Waals surface area (Å²) in [6, 6.07) is 14.7. The summed E-state index contributed by atoms with van der Waals surface area (Å²) in [6.45, 7) is 6.38. The second-order valence-corrected chi connectivity index (χ2v) is 9.21. The van der Waals surface area contributed by atoms with Gasteiger partial charge in [-0.2, -0.15) is 0 Å². The minimum atomic E-state index is -0.264. The summed E-state index contributed by atoms with van der Waals surface area (Å²) in [6.07, 6.45) is 2.32. The average Bonchev–Trinajstić information content (AvgIpc) is 2.69. The monoisotopic (exact) mass is 489 g/mol. The number of rotatable bonds is 7. The number of thiocarbonyl (C=S) groups is 1. The number of carbonyl (C=O) groups excluding carboxylic acids is 2. The highest BCUT2D eigenvalue weighted by Crippen LogP contribution is 2.22. The summed E-state index contributed by atoms with van der Waals surface area (Å²) in [5, 5.41) is 9.65. The van der Waals surface area contributed by atoms with Crippen molar-refractivity contribution in [1.82, 2.24) is 5.32 Å². The molecule has 3 N–H and O–H groups in total. The van der Waals surface area contributed by atoms with Gasteiger partial charge in [0.15, 0.2) is 5.11 Å². The number of hydrogen-bond donors (Lipinski definition) is 3. The lowest BCUT2D eigenvalue weighted by Gasteiger charge is -2.19. The third-order valence-corrected chi connectivity index (χ3v) is 5.22. The maximum Gasteiger partial charge on any atom is 0.257 e. The maximum absolute atomic E-state index is 12.4. The van der Waals surface area contributed by atoms with Crippen LogP contribution in [0.15, 0.2) is 48.5 Å². The molecule has 0 unspecified atom stereocenters. The van der Waals surface area contributed by atoms with Crippen LogP contribution < -0.4 is 16.0 Å². The minimum absolute atomic E-state index is 0.00285. The van der Waals surface area contributed by atoms with Crippen molar-refractivity contribution in [3.63, 3.8) is 0 Å². The Hall–Kier alpha value is -2.25. The lowest BCUT2D eigenvalue weighted by molar-refractivity contribution is -0.116. The summed E-state index contributed by atoms with van der Waals surface area (Å²) in [7, 11) is 0. The molecule has 0 aromatic heterocycles. The average molecular weight is 490 g/mol. The topological polar surface area (TPSA) is 70.2 Å². The van der Waals surface area contributed by atoms with Crippen LogP contribution in [0.25, 0.3) is 0 Å². The molecule has 5 nitrogen and oxygen atoms in total. The van der Waals surface area contributed by atoms with Crippen molar-refractivity contribution < 1.29 is 9.59 Å². The molecule has 0 saturated heterocycles. The molecule has 0 atom stereocenters. The smallest absolute Gasteiger partial charge is 0.257 e. The van der Waals surface area contributed by atoms with Gasteiger partial charge in [0.2, 0.25) is 5.91 Å². The molecule has 0 heterocycles. The molecule has 2 aromatic carbocycles. The molecule has 0 bridgehead atoms. The van der Waals surface area contributed by atoms with Gasteiger partial charge >= 0.3 is 0 Å². The van der Waals surface area contributed by atoms with E-state index in [2.05, 4.69) is 52.7 Å². The van der Waals surface area contributed by atoms with Gasteiger partial charge in [-0.15, -0.1) is 0 Å². The molecule has 0 aliphatic carbocycles. The van der Waals surface area contributed by atoms with Crippen molar-refractivity contribution in [1.29, 1.82) is 0 Å². The highest BCUT2D eigenvalue weighted by molar-refractivity contribution is 9.09. The van der Waals surface area contributed by atoms with Gasteiger partial charge in [0.25, 0.3) is 5.91 Å². The van der Waals surface area contributed by atoms with Gasteiger partial charge in [0.05, 0.1) is 0 Å². The summed E-state index contributed by atoms with van der Waals surface area (Å²) in [5.41, 5.74) is 3.18. The number of unbranched alkanes of at least 4 members (excludes halogenated alkanes) is 1. The van der Waals surface area contributed by atoms with Gasteiger partial charge in [-0.1, -0.05) is 48.8 Å². The van der Waals surface area contributed by atoms with E-state index in [1.807, 2.05) is 12.1 Å². The Balaban J connectivity index is 1.85. The summed E-state index contributed by atoms with van der Waals surface area (Å²) in [4.78, 5) is 24.3. The molecule has 2 aromatic rings. The van der Waals surface area contributed by atoms with Crippen molar-refractivity contribution in [2.75, 3.05) is 16.0 Å². The van der Waals surface area contributed by atoms with Crippen LogP contribution in [-0.2, 0) is 10.2 Å². The molecule has 7 heteroatoms. The first kappa shape index (κ1) is 24.0. The van der Waals surface area contributed by atoms with Crippen LogP contribution in [0, 0.1) is 0 Å². The van der Waals surface area contributed by atoms with E-state index in [1.54, 1.807) is 36.4 Å². The van der Waals surface area contributed by atoms with E-state index in [1.165, 1.54) is 0 Å². The van der Waals surface area contributed by atoms with E-state index >= 15 is 0 Å². The zero-order valence-corrected chi connectivity index (χ0v) is 20.0. The number of halogens is 1. The first-order chi connectivity index (χ1) is 14.2. The zero-order chi connectivity index (χ0) is 22.1. The molecule has 0 fully saturated rings. The van der Waals surface area contributed by atoms with Crippen LogP contribution in [0.5, 0.6) is 0 Å². The first-order valence-corrected chi connectivity index (χ1v) is 11.4. The van der Waals surface area contributed by atoms with E-state index in [-0.39, 0.29) is 22.3 Å². The molecule has 30 heavy (non-hydrogen) atoms. The first-order valence-electron chi connectivity index (χ1n) is 9.88. The van der Waals surface area contributed by atoms with E-state index in [0.717, 1.165) is 35.1 Å². The Kier molecular flexibility index (Phi) is 8.99. The van der Waals surface area contributed by atoms with Crippen LogP contribution in [0.3, 0.4) is 0 Å².